The van der Waals surface area contributed by atoms with Crippen molar-refractivity contribution < 1.29 is 67.3 Å². The summed E-state index contributed by atoms with van der Waals surface area (Å²) >= 11 is 19.1. The fraction of sp³-hybridized carbons (Fsp3) is 0.333. The van der Waals surface area contributed by atoms with Gasteiger partial charge >= 0.3 is 3.18 Å². The summed E-state index contributed by atoms with van der Waals surface area (Å²) in [5, 5.41) is 40.4. The Kier molecular flexibility index (Phi) is 37.2. The summed E-state index contributed by atoms with van der Waals surface area (Å²) in [6.07, 6.45) is 3.94. The lowest BCUT2D eigenvalue weighted by Crippen LogP contribution is -2.31. The van der Waals surface area contributed by atoms with Crippen LogP contribution < -0.4 is 72.3 Å². The lowest BCUT2D eigenvalue weighted by molar-refractivity contribution is -0.129. The van der Waals surface area contributed by atoms with E-state index >= 15 is 0 Å². The Morgan fingerprint density at radius 1 is 0.613 bits per heavy atom. The molecule has 2 aromatic heterocycles. The maximum atomic E-state index is 11.3. The molecule has 3 aliphatic rings. The monoisotopic (exact) mass is 1520 g/mol. The highest BCUT2D eigenvalue weighted by Crippen LogP contribution is 2.41. The van der Waals surface area contributed by atoms with Crippen molar-refractivity contribution in [1.29, 1.82) is 0 Å². The number of nitrogens with zero attached hydrogens (tertiary/aromatic N) is 7. The molecule has 5 heterocycles. The van der Waals surface area contributed by atoms with Gasteiger partial charge in [-0.2, -0.15) is 0 Å². The zero-order chi connectivity index (χ0) is 66.6. The maximum Gasteiger partial charge on any atom is 0.369 e. The molecule has 0 radical (unpaired) electrons. The molecular weight excluding hydrogens is 1440 g/mol. The number of hydrogen-bond acceptors (Lipinski definition) is 23. The molecule has 27 nitrogen and oxygen atoms in total. The van der Waals surface area contributed by atoms with Crippen LogP contribution in [0.15, 0.2) is 77.8 Å². The minimum Gasteiger partial charge on any atom is -0.508 e. The van der Waals surface area contributed by atoms with Crippen molar-refractivity contribution in [2.45, 2.75) is 60.0 Å². The van der Waals surface area contributed by atoms with Gasteiger partial charge in [0.2, 0.25) is 17.9 Å². The van der Waals surface area contributed by atoms with Crippen molar-refractivity contribution in [3.63, 3.8) is 0 Å². The molecule has 0 fully saturated rings. The number of nitrogens with one attached hydrogen (secondary N) is 1. The third kappa shape index (κ3) is 24.2. The lowest BCUT2D eigenvalue weighted by atomic mass is 9.99. The number of aromatic nitrogens is 6. The number of fused-ring (bicyclic) bond motifs is 7. The van der Waals surface area contributed by atoms with Crippen molar-refractivity contribution in [3.05, 3.63) is 118 Å². The van der Waals surface area contributed by atoms with Crippen LogP contribution in [0, 0.1) is 0 Å². The van der Waals surface area contributed by atoms with Crippen molar-refractivity contribution in [1.82, 2.24) is 41.0 Å². The summed E-state index contributed by atoms with van der Waals surface area (Å²) in [6, 6.07) is 21.9. The summed E-state index contributed by atoms with van der Waals surface area (Å²) in [5.41, 5.74) is 27.8. The number of amides is 3. The second-order valence-corrected chi connectivity index (χ2v) is 25.5. The summed E-state index contributed by atoms with van der Waals surface area (Å²) in [7, 11) is 13.0. The number of ether oxygens (including phenoxy) is 8. The standard InChI is InChI=1S/C13H14N4O3.C11H10N4O3.2C11H13NO2S.C10H15NO2.C2H3NO2.2CH4.BBr3.H3N/c1-19-8-5-7-3-4-17-12(10(7)9(6-8)20-2)15-16-13(17)11(14)18;12-9(18)11-14-13-10-8-5(1-2-15(10)11)3-6(16)4-7(8)17;1-13-8-5-7-3-4-12-11(15)10(7)9(6-8)14-2;1-13-10-5-9(3-4-12-8-15)6-11(7-10)14-2;1-12-9-5-8(3-4-11)6-10(7-9)13-2;3-2(5)1-4;;;2-1(3)4;/h5-6H,3-4H2,1-2H3,(H2,14,18);3-4,16-17H,1-2H2,(H2,12,18);5-6H,3-4H2,1-2H3,(H,12,15);5-7H,3-4H2,1-2H3;5-7H,3-4,11H2,1-2H3;1H,(H2,3,5);2*1H4;;1H3. The number of thiocarbonyl (C=S) groups is 2. The normalized spacial score (nSPS) is 10.9. The number of isothiocyanates is 1. The molecule has 10 rings (SSSR count). The zero-order valence-electron chi connectivity index (χ0n) is 51.0. The third-order valence-corrected chi connectivity index (χ3v) is 13.3. The number of aldehydes is 1. The van der Waals surface area contributed by atoms with E-state index in [1.54, 1.807) is 78.1 Å². The molecule has 14 N–H and O–H groups in total. The van der Waals surface area contributed by atoms with Gasteiger partial charge in [0, 0.05) is 50.0 Å². The Morgan fingerprint density at radius 2 is 1.00 bits per heavy atom. The third-order valence-electron chi connectivity index (χ3n) is 12.9. The Morgan fingerprint density at radius 3 is 1.39 bits per heavy atom. The summed E-state index contributed by atoms with van der Waals surface area (Å²) in [5.74, 6) is 5.12. The molecule has 33 heteroatoms. The summed E-state index contributed by atoms with van der Waals surface area (Å²) < 4.78 is 45.3. The number of rotatable bonds is 16. The minimum absolute atomic E-state index is 0. The molecule has 0 bridgehead atoms. The number of halogens is 3. The number of primary amides is 3. The van der Waals surface area contributed by atoms with E-state index in [0.717, 1.165) is 111 Å². The largest absolute Gasteiger partial charge is 0.508 e. The molecule has 7 aromatic rings. The molecule has 5 aromatic carbocycles. The average molecular weight is 1520 g/mol. The molecule has 0 unspecified atom stereocenters. The van der Waals surface area contributed by atoms with Crippen LogP contribution >= 0.6 is 71.7 Å². The molecule has 3 aliphatic heterocycles. The summed E-state index contributed by atoms with van der Waals surface area (Å²) in [6.45, 7) is 3.23. The quantitative estimate of drug-likeness (QED) is 0.0149. The first kappa shape index (κ1) is 82.6. The number of phenols is 2. The number of nitrogens with two attached hydrogens (primary N) is 4. The van der Waals surface area contributed by atoms with Gasteiger partial charge in [0.25, 0.3) is 17.7 Å². The van der Waals surface area contributed by atoms with E-state index in [0.29, 0.717) is 55.6 Å². The van der Waals surface area contributed by atoms with Crippen molar-refractivity contribution in [3.8, 4) is 80.3 Å². The number of carbonyl (C=O) groups excluding carboxylic acids is 4. The highest BCUT2D eigenvalue weighted by atomic mass is 79.9. The second-order valence-electron chi connectivity index (χ2n) is 18.4. The van der Waals surface area contributed by atoms with E-state index in [2.05, 4.69) is 101 Å². The maximum absolute atomic E-state index is 11.3. The Hall–Kier alpha value is -8.43. The fourth-order valence-corrected chi connectivity index (χ4v) is 9.35. The highest BCUT2D eigenvalue weighted by Gasteiger charge is 2.29. The SMILES string of the molecule is BrB(Br)Br.C.C.COc1cc(CCN)cc(OC)c1.COc1cc(CCN=C=S)cc(OC)c1.COc1cc2c(c(OC)c1)-c1nnc(C(N)=O)n1CC2.COc1cc2c(c(OC)c1)C(=S)NCC2.N.NC(=O)C=O.NC(=O)c1nnc2n1CCc1cc(O)cc(O)c1-2. The van der Waals surface area contributed by atoms with E-state index in [1.807, 2.05) is 54.6 Å². The number of hydrogen-bond donors (Lipinski definition) is 8. The van der Waals surface area contributed by atoms with Crippen LogP contribution in [0.1, 0.15) is 69.5 Å². The highest BCUT2D eigenvalue weighted by molar-refractivity contribution is 9.69. The van der Waals surface area contributed by atoms with Gasteiger partial charge in [-0.05, 0) is 121 Å². The van der Waals surface area contributed by atoms with Gasteiger partial charge in [-0.25, -0.2) is 4.99 Å². The topological polar surface area (TPSA) is 407 Å². The molecule has 0 aliphatic carbocycles. The Labute approximate surface area is 576 Å². The van der Waals surface area contributed by atoms with Crippen LogP contribution in [0.25, 0.3) is 22.8 Å². The van der Waals surface area contributed by atoms with E-state index in [4.69, 9.17) is 72.1 Å². The molecule has 93 heavy (non-hydrogen) atoms. The van der Waals surface area contributed by atoms with Crippen LogP contribution in [0.2, 0.25) is 0 Å². The Balaban J connectivity index is 0.000000561. The lowest BCUT2D eigenvalue weighted by Gasteiger charge is -2.21. The predicted octanol–water partition coefficient (Wildman–Crippen LogP) is 7.97. The number of aliphatic imine (C=N–C) groups is 1. The molecule has 504 valence electrons. The average Bonchev–Trinajstić information content (AvgIpc) is 1.70. The number of methoxy groups -OCH3 is 8. The van der Waals surface area contributed by atoms with Crippen molar-refractivity contribution >= 4 is 109 Å². The number of benzene rings is 5. The first-order valence-electron chi connectivity index (χ1n) is 26.7. The summed E-state index contributed by atoms with van der Waals surface area (Å²) in [4.78, 5) is 45.4. The van der Waals surface area contributed by atoms with Gasteiger partial charge in [-0.15, -0.1) is 67.7 Å². The molecule has 0 atom stereocenters. The van der Waals surface area contributed by atoms with Crippen LogP contribution in [-0.2, 0) is 54.8 Å². The molecular formula is C60H79BBr3N13O14S2. The molecule has 0 spiro atoms. The molecule has 0 saturated carbocycles. The number of phenolic OH excluding ortho intramolecular Hbond substituents is 2. The second kappa shape index (κ2) is 41.9. The van der Waals surface area contributed by atoms with Crippen LogP contribution in [0.4, 0.5) is 0 Å². The first-order chi connectivity index (χ1) is 43.1. The Bertz CT molecular complexity index is 3590. The number of aromatic hydroxyl groups is 2. The van der Waals surface area contributed by atoms with E-state index in [-0.39, 0.29) is 53.6 Å². The smallest absolute Gasteiger partial charge is 0.369 e. The molecule has 3 amide bonds. The van der Waals surface area contributed by atoms with E-state index < -0.39 is 17.7 Å². The van der Waals surface area contributed by atoms with Gasteiger partial charge in [-0.1, -0.05) is 27.1 Å². The minimum atomic E-state index is -0.926. The van der Waals surface area contributed by atoms with Gasteiger partial charge in [0.05, 0.1) is 85.3 Å². The van der Waals surface area contributed by atoms with Crippen LogP contribution in [0.5, 0.6) is 57.5 Å². The van der Waals surface area contributed by atoms with Crippen LogP contribution in [0.3, 0.4) is 0 Å². The molecule has 0 saturated heterocycles. The number of aryl methyl sites for hydroxylation is 2. The predicted molar refractivity (Wildman–Crippen MR) is 376 cm³/mol. The zero-order valence-corrected chi connectivity index (χ0v) is 57.4. The van der Waals surface area contributed by atoms with E-state index in [9.17, 15) is 24.6 Å². The van der Waals surface area contributed by atoms with Crippen molar-refractivity contribution in [2.24, 2.45) is 27.9 Å². The van der Waals surface area contributed by atoms with Gasteiger partial charge in [0.1, 0.15) is 62.5 Å². The number of carbonyl (C=O) groups is 4. The van der Waals surface area contributed by atoms with Crippen LogP contribution in [-0.4, -0.2) is 154 Å². The van der Waals surface area contributed by atoms with Gasteiger partial charge in [-0.3, -0.25) is 19.2 Å². The first-order valence-corrected chi connectivity index (χ1v) is 30.3. The van der Waals surface area contributed by atoms with Gasteiger partial charge in [0.15, 0.2) is 11.6 Å². The fourth-order valence-electron chi connectivity index (χ4n) is 8.92. The van der Waals surface area contributed by atoms with Crippen molar-refractivity contribution in [2.75, 3.05) is 76.5 Å². The van der Waals surface area contributed by atoms with E-state index in [1.165, 1.54) is 11.6 Å². The van der Waals surface area contributed by atoms with Gasteiger partial charge < -0.3 is 91.6 Å².